The summed E-state index contributed by atoms with van der Waals surface area (Å²) in [7, 11) is 0. The summed E-state index contributed by atoms with van der Waals surface area (Å²) in [6, 6.07) is 0.538. The summed E-state index contributed by atoms with van der Waals surface area (Å²) < 4.78 is 25.7. The monoisotopic (exact) mass is 225 g/mol. The Balaban J connectivity index is 0.000000980. The van der Waals surface area contributed by atoms with E-state index in [-0.39, 0.29) is 25.2 Å². The number of rotatable bonds is 1. The summed E-state index contributed by atoms with van der Waals surface area (Å²) in [6.45, 7) is 1.08. The number of halogens is 3. The molecule has 2 rings (SSSR count). The Hall–Kier alpha value is 0.110. The minimum Gasteiger partial charge on any atom is -0.314 e. The topological polar surface area (TPSA) is 12.0 Å². The van der Waals surface area contributed by atoms with E-state index in [1.807, 2.05) is 0 Å². The van der Waals surface area contributed by atoms with Gasteiger partial charge in [0.25, 0.3) is 0 Å². The lowest BCUT2D eigenvalue weighted by atomic mass is 9.81. The lowest BCUT2D eigenvalue weighted by Crippen LogP contribution is -2.36. The molecule has 0 bridgehead atoms. The first kappa shape index (κ1) is 12.2. The molecule has 0 aromatic heterocycles. The van der Waals surface area contributed by atoms with Gasteiger partial charge in [-0.2, -0.15) is 0 Å². The van der Waals surface area contributed by atoms with E-state index in [2.05, 4.69) is 5.32 Å². The van der Waals surface area contributed by atoms with Crippen molar-refractivity contribution in [2.24, 2.45) is 5.92 Å². The van der Waals surface area contributed by atoms with Crippen LogP contribution in [-0.4, -0.2) is 18.5 Å². The molecule has 4 heteroatoms. The average molecular weight is 226 g/mol. The molecule has 0 aromatic carbocycles. The van der Waals surface area contributed by atoms with Gasteiger partial charge in [0.15, 0.2) is 0 Å². The van der Waals surface area contributed by atoms with Crippen molar-refractivity contribution in [3.05, 3.63) is 0 Å². The normalized spacial score (nSPS) is 32.6. The molecule has 2 fully saturated rings. The second-order valence-electron chi connectivity index (χ2n) is 4.40. The molecule has 1 atom stereocenters. The standard InChI is InChI=1S/C10H17F2N.ClH/c11-10(12)5-3-8(4-6-10)9-2-1-7-13-9;/h8-9,13H,1-7H2;1H. The number of hydrogen-bond donors (Lipinski definition) is 1. The van der Waals surface area contributed by atoms with Gasteiger partial charge in [-0.3, -0.25) is 0 Å². The van der Waals surface area contributed by atoms with Gasteiger partial charge in [0.1, 0.15) is 0 Å². The smallest absolute Gasteiger partial charge is 0.248 e. The maximum absolute atomic E-state index is 12.8. The van der Waals surface area contributed by atoms with Crippen LogP contribution in [-0.2, 0) is 0 Å². The molecule has 0 radical (unpaired) electrons. The van der Waals surface area contributed by atoms with Gasteiger partial charge >= 0.3 is 0 Å². The van der Waals surface area contributed by atoms with Crippen LogP contribution >= 0.6 is 12.4 Å². The van der Waals surface area contributed by atoms with Crippen LogP contribution in [0.4, 0.5) is 8.78 Å². The molecular formula is C10H18ClF2N. The molecule has 1 saturated heterocycles. The van der Waals surface area contributed by atoms with Crippen molar-refractivity contribution in [2.75, 3.05) is 6.54 Å². The fourth-order valence-corrected chi connectivity index (χ4v) is 2.58. The summed E-state index contributed by atoms with van der Waals surface area (Å²) in [6.07, 6.45) is 4.05. The highest BCUT2D eigenvalue weighted by Crippen LogP contribution is 2.38. The summed E-state index contributed by atoms with van der Waals surface area (Å²) in [5.41, 5.74) is 0. The maximum atomic E-state index is 12.8. The highest BCUT2D eigenvalue weighted by Gasteiger charge is 2.37. The minimum absolute atomic E-state index is 0. The van der Waals surface area contributed by atoms with Crippen LogP contribution in [0.2, 0.25) is 0 Å². The quantitative estimate of drug-likeness (QED) is 0.724. The van der Waals surface area contributed by atoms with E-state index < -0.39 is 5.92 Å². The van der Waals surface area contributed by atoms with E-state index in [9.17, 15) is 8.78 Å². The van der Waals surface area contributed by atoms with E-state index in [1.54, 1.807) is 0 Å². The molecule has 1 N–H and O–H groups in total. The highest BCUT2D eigenvalue weighted by molar-refractivity contribution is 5.85. The summed E-state index contributed by atoms with van der Waals surface area (Å²) in [5.74, 6) is -1.85. The molecule has 0 spiro atoms. The Kier molecular flexibility index (Phi) is 4.14. The van der Waals surface area contributed by atoms with Crippen molar-refractivity contribution >= 4 is 12.4 Å². The second-order valence-corrected chi connectivity index (χ2v) is 4.40. The number of alkyl halides is 2. The average Bonchev–Trinajstić information content (AvgIpc) is 2.56. The van der Waals surface area contributed by atoms with Crippen molar-refractivity contribution in [3.63, 3.8) is 0 Å². The predicted octanol–water partition coefficient (Wildman–Crippen LogP) is 2.99. The van der Waals surface area contributed by atoms with Gasteiger partial charge in [0.05, 0.1) is 0 Å². The van der Waals surface area contributed by atoms with Crippen LogP contribution < -0.4 is 5.32 Å². The first-order valence-electron chi connectivity index (χ1n) is 5.29. The zero-order valence-electron chi connectivity index (χ0n) is 8.27. The van der Waals surface area contributed by atoms with Crippen LogP contribution in [0.25, 0.3) is 0 Å². The van der Waals surface area contributed by atoms with Crippen LogP contribution in [0.3, 0.4) is 0 Å². The molecule has 2 aliphatic rings. The van der Waals surface area contributed by atoms with E-state index in [0.29, 0.717) is 24.8 Å². The molecule has 0 aromatic rings. The third-order valence-electron chi connectivity index (χ3n) is 3.43. The minimum atomic E-state index is -2.37. The van der Waals surface area contributed by atoms with Gasteiger partial charge in [0, 0.05) is 18.9 Å². The maximum Gasteiger partial charge on any atom is 0.248 e. The van der Waals surface area contributed by atoms with Crippen molar-refractivity contribution in [1.29, 1.82) is 0 Å². The van der Waals surface area contributed by atoms with Crippen LogP contribution in [0, 0.1) is 5.92 Å². The van der Waals surface area contributed by atoms with E-state index in [1.165, 1.54) is 12.8 Å². The molecule has 14 heavy (non-hydrogen) atoms. The molecular weight excluding hydrogens is 208 g/mol. The van der Waals surface area contributed by atoms with Crippen molar-refractivity contribution in [1.82, 2.24) is 5.32 Å². The van der Waals surface area contributed by atoms with Crippen molar-refractivity contribution < 1.29 is 8.78 Å². The number of hydrogen-bond acceptors (Lipinski definition) is 1. The van der Waals surface area contributed by atoms with Gasteiger partial charge in [-0.05, 0) is 38.1 Å². The molecule has 1 heterocycles. The predicted molar refractivity (Wildman–Crippen MR) is 55.2 cm³/mol. The lowest BCUT2D eigenvalue weighted by molar-refractivity contribution is -0.0488. The molecule has 1 aliphatic heterocycles. The molecule has 1 nitrogen and oxygen atoms in total. The van der Waals surface area contributed by atoms with E-state index >= 15 is 0 Å². The summed E-state index contributed by atoms with van der Waals surface area (Å²) in [4.78, 5) is 0. The van der Waals surface area contributed by atoms with Crippen molar-refractivity contribution in [2.45, 2.75) is 50.5 Å². The first-order valence-corrected chi connectivity index (χ1v) is 5.29. The van der Waals surface area contributed by atoms with Crippen LogP contribution in [0.15, 0.2) is 0 Å². The SMILES string of the molecule is Cl.FC1(F)CCC(C2CCCN2)CC1. The third-order valence-corrected chi connectivity index (χ3v) is 3.43. The Bertz CT molecular complexity index is 171. The van der Waals surface area contributed by atoms with Gasteiger partial charge in [-0.25, -0.2) is 8.78 Å². The summed E-state index contributed by atoms with van der Waals surface area (Å²) >= 11 is 0. The zero-order valence-corrected chi connectivity index (χ0v) is 9.09. The molecule has 84 valence electrons. The van der Waals surface area contributed by atoms with Gasteiger partial charge in [-0.15, -0.1) is 12.4 Å². The van der Waals surface area contributed by atoms with Gasteiger partial charge in [0.2, 0.25) is 5.92 Å². The van der Waals surface area contributed by atoms with E-state index in [0.717, 1.165) is 6.54 Å². The Morgan fingerprint density at radius 3 is 2.21 bits per heavy atom. The fraction of sp³-hybridized carbons (Fsp3) is 1.00. The zero-order chi connectivity index (χ0) is 9.31. The van der Waals surface area contributed by atoms with Crippen LogP contribution in [0.5, 0.6) is 0 Å². The Morgan fingerprint density at radius 1 is 1.07 bits per heavy atom. The lowest BCUT2D eigenvalue weighted by Gasteiger charge is -2.31. The third kappa shape index (κ3) is 2.80. The molecule has 1 aliphatic carbocycles. The second kappa shape index (κ2) is 4.75. The van der Waals surface area contributed by atoms with Crippen molar-refractivity contribution in [3.8, 4) is 0 Å². The highest BCUT2D eigenvalue weighted by atomic mass is 35.5. The molecule has 1 unspecified atom stereocenters. The first-order chi connectivity index (χ1) is 6.17. The summed E-state index contributed by atoms with van der Waals surface area (Å²) in [5, 5.41) is 3.41. The van der Waals surface area contributed by atoms with E-state index in [4.69, 9.17) is 0 Å². The van der Waals surface area contributed by atoms with Gasteiger partial charge in [-0.1, -0.05) is 0 Å². The largest absolute Gasteiger partial charge is 0.314 e. The van der Waals surface area contributed by atoms with Crippen LogP contribution in [0.1, 0.15) is 38.5 Å². The Labute approximate surface area is 90.0 Å². The molecule has 0 amide bonds. The fourth-order valence-electron chi connectivity index (χ4n) is 2.58. The molecule has 1 saturated carbocycles. The van der Waals surface area contributed by atoms with Gasteiger partial charge < -0.3 is 5.32 Å². The number of nitrogens with one attached hydrogen (secondary N) is 1. The Morgan fingerprint density at radius 2 is 1.71 bits per heavy atom.